The van der Waals surface area contributed by atoms with Gasteiger partial charge in [0.15, 0.2) is 0 Å². The lowest BCUT2D eigenvalue weighted by Gasteiger charge is -2.36. The second-order valence-electron chi connectivity index (χ2n) is 5.60. The molecule has 0 unspecified atom stereocenters. The number of aryl methyl sites for hydroxylation is 1. The third-order valence-corrected chi connectivity index (χ3v) is 4.37. The van der Waals surface area contributed by atoms with E-state index in [1.165, 1.54) is 11.3 Å². The molecule has 1 heterocycles. The third kappa shape index (κ3) is 3.09. The third-order valence-electron chi connectivity index (χ3n) is 4.04. The Balaban J connectivity index is 1.67. The number of hydrogen-bond donors (Lipinski definition) is 0. The van der Waals surface area contributed by atoms with E-state index < -0.39 is 0 Å². The van der Waals surface area contributed by atoms with Crippen molar-refractivity contribution in [2.75, 3.05) is 31.1 Å². The zero-order valence-corrected chi connectivity index (χ0v) is 13.4. The van der Waals surface area contributed by atoms with Crippen LogP contribution in [0.15, 0.2) is 48.5 Å². The van der Waals surface area contributed by atoms with Crippen LogP contribution in [-0.4, -0.2) is 37.0 Å². The maximum absolute atomic E-state index is 12.5. The molecule has 0 aliphatic carbocycles. The average Bonchev–Trinajstić information content (AvgIpc) is 2.55. The van der Waals surface area contributed by atoms with Gasteiger partial charge in [-0.1, -0.05) is 35.9 Å². The van der Waals surface area contributed by atoms with E-state index in [1.54, 1.807) is 12.1 Å². The minimum absolute atomic E-state index is 0.0227. The molecule has 1 saturated heterocycles. The first-order valence-electron chi connectivity index (χ1n) is 7.50. The van der Waals surface area contributed by atoms with Gasteiger partial charge in [0.25, 0.3) is 5.91 Å². The van der Waals surface area contributed by atoms with Crippen molar-refractivity contribution in [1.82, 2.24) is 4.90 Å². The van der Waals surface area contributed by atoms with E-state index in [1.807, 2.05) is 17.0 Å². The number of benzene rings is 2. The van der Waals surface area contributed by atoms with E-state index in [2.05, 4.69) is 36.1 Å². The second kappa shape index (κ2) is 6.41. The number of rotatable bonds is 2. The Kier molecular flexibility index (Phi) is 4.34. The summed E-state index contributed by atoms with van der Waals surface area (Å²) in [6.07, 6.45) is 0. The van der Waals surface area contributed by atoms with Crippen LogP contribution in [0.2, 0.25) is 5.02 Å². The fraction of sp³-hybridized carbons (Fsp3) is 0.278. The lowest BCUT2D eigenvalue weighted by atomic mass is 10.1. The van der Waals surface area contributed by atoms with Crippen LogP contribution in [0.4, 0.5) is 5.69 Å². The summed E-state index contributed by atoms with van der Waals surface area (Å²) in [5, 5.41) is 0.522. The van der Waals surface area contributed by atoms with Gasteiger partial charge in [-0.05, 0) is 36.8 Å². The first-order chi connectivity index (χ1) is 10.6. The lowest BCUT2D eigenvalue weighted by Crippen LogP contribution is -2.48. The molecular formula is C18H19ClN2O. The van der Waals surface area contributed by atoms with Crippen LogP contribution in [0.5, 0.6) is 0 Å². The van der Waals surface area contributed by atoms with E-state index in [0.29, 0.717) is 10.6 Å². The maximum Gasteiger partial charge on any atom is 0.255 e. The molecule has 2 aromatic carbocycles. The summed E-state index contributed by atoms with van der Waals surface area (Å²) in [6.45, 7) is 5.23. The summed E-state index contributed by atoms with van der Waals surface area (Å²) in [7, 11) is 0. The highest BCUT2D eigenvalue weighted by Gasteiger charge is 2.23. The van der Waals surface area contributed by atoms with Gasteiger partial charge in [0.05, 0.1) is 10.6 Å². The molecule has 1 amide bonds. The highest BCUT2D eigenvalue weighted by Crippen LogP contribution is 2.21. The SMILES string of the molecule is Cc1cccc(N2CCN(C(=O)c3ccccc3Cl)CC2)c1. The summed E-state index contributed by atoms with van der Waals surface area (Å²) in [5.74, 6) is 0.0227. The molecular weight excluding hydrogens is 296 g/mol. The molecule has 22 heavy (non-hydrogen) atoms. The Morgan fingerprint density at radius 3 is 2.41 bits per heavy atom. The Morgan fingerprint density at radius 1 is 1.00 bits per heavy atom. The Labute approximate surface area is 136 Å². The Bertz CT molecular complexity index is 678. The minimum atomic E-state index is 0.0227. The number of anilines is 1. The number of nitrogens with zero attached hydrogens (tertiary/aromatic N) is 2. The van der Waals surface area contributed by atoms with Gasteiger partial charge in [0.1, 0.15) is 0 Å². The normalized spacial score (nSPS) is 15.0. The lowest BCUT2D eigenvalue weighted by molar-refractivity contribution is 0.0747. The Hall–Kier alpha value is -2.00. The van der Waals surface area contributed by atoms with Gasteiger partial charge in [-0.15, -0.1) is 0 Å². The van der Waals surface area contributed by atoms with Crippen LogP contribution in [-0.2, 0) is 0 Å². The minimum Gasteiger partial charge on any atom is -0.368 e. The molecule has 3 nitrogen and oxygen atoms in total. The van der Waals surface area contributed by atoms with Crippen LogP contribution < -0.4 is 4.90 Å². The summed E-state index contributed by atoms with van der Waals surface area (Å²) < 4.78 is 0. The fourth-order valence-corrected chi connectivity index (χ4v) is 3.01. The number of carbonyl (C=O) groups excluding carboxylic acids is 1. The van der Waals surface area contributed by atoms with Gasteiger partial charge >= 0.3 is 0 Å². The number of amides is 1. The van der Waals surface area contributed by atoms with Crippen LogP contribution in [0.1, 0.15) is 15.9 Å². The summed E-state index contributed by atoms with van der Waals surface area (Å²) in [6, 6.07) is 15.7. The molecule has 3 rings (SSSR count). The maximum atomic E-state index is 12.5. The first kappa shape index (κ1) is 14.9. The average molecular weight is 315 g/mol. The monoisotopic (exact) mass is 314 g/mol. The van der Waals surface area contributed by atoms with Gasteiger partial charge in [-0.2, -0.15) is 0 Å². The van der Waals surface area contributed by atoms with Crippen molar-refractivity contribution in [1.29, 1.82) is 0 Å². The van der Waals surface area contributed by atoms with Gasteiger partial charge in [0.2, 0.25) is 0 Å². The van der Waals surface area contributed by atoms with E-state index >= 15 is 0 Å². The van der Waals surface area contributed by atoms with Crippen molar-refractivity contribution < 1.29 is 4.79 Å². The first-order valence-corrected chi connectivity index (χ1v) is 7.88. The molecule has 0 N–H and O–H groups in total. The molecule has 1 aliphatic rings. The molecule has 0 saturated carbocycles. The number of carbonyl (C=O) groups is 1. The summed E-state index contributed by atoms with van der Waals surface area (Å²) in [4.78, 5) is 16.7. The van der Waals surface area contributed by atoms with Crippen LogP contribution in [0, 0.1) is 6.92 Å². The van der Waals surface area contributed by atoms with Gasteiger partial charge in [-0.25, -0.2) is 0 Å². The van der Waals surface area contributed by atoms with Crippen molar-refractivity contribution in [3.05, 3.63) is 64.7 Å². The quantitative estimate of drug-likeness (QED) is 0.845. The summed E-state index contributed by atoms with van der Waals surface area (Å²) >= 11 is 6.12. The number of hydrogen-bond acceptors (Lipinski definition) is 2. The van der Waals surface area contributed by atoms with Crippen molar-refractivity contribution in [2.45, 2.75) is 6.92 Å². The second-order valence-corrected chi connectivity index (χ2v) is 6.01. The molecule has 0 radical (unpaired) electrons. The largest absolute Gasteiger partial charge is 0.368 e. The zero-order chi connectivity index (χ0) is 15.5. The predicted molar refractivity (Wildman–Crippen MR) is 90.7 cm³/mol. The Morgan fingerprint density at radius 2 is 1.73 bits per heavy atom. The van der Waals surface area contributed by atoms with E-state index in [9.17, 15) is 4.79 Å². The smallest absolute Gasteiger partial charge is 0.255 e. The van der Waals surface area contributed by atoms with E-state index in [4.69, 9.17) is 11.6 Å². The van der Waals surface area contributed by atoms with Crippen molar-refractivity contribution in [2.24, 2.45) is 0 Å². The molecule has 0 bridgehead atoms. The van der Waals surface area contributed by atoms with Crippen LogP contribution in [0.25, 0.3) is 0 Å². The van der Waals surface area contributed by atoms with E-state index in [-0.39, 0.29) is 5.91 Å². The topological polar surface area (TPSA) is 23.6 Å². The standard InChI is InChI=1S/C18H19ClN2O/c1-14-5-4-6-15(13-14)20-9-11-21(12-10-20)18(22)16-7-2-3-8-17(16)19/h2-8,13H,9-12H2,1H3. The van der Waals surface area contributed by atoms with Crippen molar-refractivity contribution in [3.63, 3.8) is 0 Å². The highest BCUT2D eigenvalue weighted by atomic mass is 35.5. The zero-order valence-electron chi connectivity index (χ0n) is 12.6. The molecule has 0 atom stereocenters. The van der Waals surface area contributed by atoms with Crippen molar-refractivity contribution >= 4 is 23.2 Å². The van der Waals surface area contributed by atoms with Gasteiger partial charge in [0, 0.05) is 31.9 Å². The molecule has 4 heteroatoms. The van der Waals surface area contributed by atoms with Gasteiger partial charge in [-0.3, -0.25) is 4.79 Å². The predicted octanol–water partition coefficient (Wildman–Crippen LogP) is 3.61. The van der Waals surface area contributed by atoms with Gasteiger partial charge < -0.3 is 9.80 Å². The number of halogens is 1. The molecule has 1 fully saturated rings. The molecule has 0 aromatic heterocycles. The molecule has 0 spiro atoms. The van der Waals surface area contributed by atoms with Crippen LogP contribution in [0.3, 0.4) is 0 Å². The fourth-order valence-electron chi connectivity index (χ4n) is 2.80. The highest BCUT2D eigenvalue weighted by molar-refractivity contribution is 6.33. The molecule has 2 aromatic rings. The number of piperazine rings is 1. The molecule has 114 valence electrons. The molecule has 1 aliphatic heterocycles. The van der Waals surface area contributed by atoms with Crippen molar-refractivity contribution in [3.8, 4) is 0 Å². The van der Waals surface area contributed by atoms with Crippen LogP contribution >= 0.6 is 11.6 Å². The summed E-state index contributed by atoms with van der Waals surface area (Å²) in [5.41, 5.74) is 3.07. The van der Waals surface area contributed by atoms with E-state index in [0.717, 1.165) is 26.2 Å².